The van der Waals surface area contributed by atoms with E-state index < -0.39 is 23.7 Å². The summed E-state index contributed by atoms with van der Waals surface area (Å²) in [6, 6.07) is 0. The van der Waals surface area contributed by atoms with Gasteiger partial charge < -0.3 is 5.11 Å². The summed E-state index contributed by atoms with van der Waals surface area (Å²) in [5.41, 5.74) is -1.22. The van der Waals surface area contributed by atoms with Gasteiger partial charge in [0.25, 0.3) is 6.43 Å². The minimum atomic E-state index is -2.91. The van der Waals surface area contributed by atoms with Gasteiger partial charge in [0.2, 0.25) is 0 Å². The standard InChI is InChI=1S/C11H12F2N2O2S2/c1-5-8(19-3-2-18-5)10-14-4-6(11(16)17)7(15-10)9(12)13/h4-5,8-9H,2-3H2,1H3,(H,16,17). The Labute approximate surface area is 117 Å². The molecule has 0 bridgehead atoms. The summed E-state index contributed by atoms with van der Waals surface area (Å²) < 4.78 is 25.7. The average molecular weight is 306 g/mol. The molecule has 2 unspecified atom stereocenters. The van der Waals surface area contributed by atoms with Gasteiger partial charge in [-0.1, -0.05) is 6.92 Å². The molecule has 1 saturated heterocycles. The Kier molecular flexibility index (Phi) is 4.62. The van der Waals surface area contributed by atoms with Crippen LogP contribution in [0.2, 0.25) is 0 Å². The number of carboxylic acid groups (broad SMARTS) is 1. The van der Waals surface area contributed by atoms with Crippen molar-refractivity contribution in [2.45, 2.75) is 23.8 Å². The topological polar surface area (TPSA) is 63.1 Å². The number of thioether (sulfide) groups is 2. The maximum Gasteiger partial charge on any atom is 0.339 e. The van der Waals surface area contributed by atoms with E-state index in [4.69, 9.17) is 5.11 Å². The molecular formula is C11H12F2N2O2S2. The van der Waals surface area contributed by atoms with Crippen LogP contribution in [0.1, 0.15) is 40.5 Å². The van der Waals surface area contributed by atoms with Crippen LogP contribution >= 0.6 is 23.5 Å². The summed E-state index contributed by atoms with van der Waals surface area (Å²) in [5, 5.41) is 9.00. The first-order valence-electron chi connectivity index (χ1n) is 5.62. The molecule has 1 aliphatic heterocycles. The van der Waals surface area contributed by atoms with Gasteiger partial charge >= 0.3 is 5.97 Å². The molecule has 1 aliphatic rings. The van der Waals surface area contributed by atoms with Gasteiger partial charge in [0.1, 0.15) is 17.1 Å². The molecule has 1 N–H and O–H groups in total. The average Bonchev–Trinajstić information content (AvgIpc) is 2.38. The first-order chi connectivity index (χ1) is 9.00. The predicted octanol–water partition coefficient (Wildman–Crippen LogP) is 3.02. The number of nitrogens with zero attached hydrogens (tertiary/aromatic N) is 2. The molecule has 2 rings (SSSR count). The van der Waals surface area contributed by atoms with Crippen LogP contribution in [0.5, 0.6) is 0 Å². The van der Waals surface area contributed by atoms with Crippen LogP contribution in [0, 0.1) is 0 Å². The van der Waals surface area contributed by atoms with Crippen LogP contribution in [0.25, 0.3) is 0 Å². The molecule has 8 heteroatoms. The van der Waals surface area contributed by atoms with Crippen LogP contribution in [0.4, 0.5) is 8.78 Å². The number of aromatic carboxylic acids is 1. The number of hydrogen-bond acceptors (Lipinski definition) is 5. The molecule has 0 saturated carbocycles. The minimum absolute atomic E-state index is 0.0703. The van der Waals surface area contributed by atoms with Crippen molar-refractivity contribution in [3.63, 3.8) is 0 Å². The van der Waals surface area contributed by atoms with Crippen molar-refractivity contribution >= 4 is 29.5 Å². The quantitative estimate of drug-likeness (QED) is 0.926. The lowest BCUT2D eigenvalue weighted by Crippen LogP contribution is -2.20. The highest BCUT2D eigenvalue weighted by Gasteiger charge is 2.29. The lowest BCUT2D eigenvalue weighted by molar-refractivity contribution is 0.0681. The zero-order valence-corrected chi connectivity index (χ0v) is 11.7. The number of rotatable bonds is 3. The molecule has 1 fully saturated rings. The Bertz CT molecular complexity index is 488. The van der Waals surface area contributed by atoms with Crippen LogP contribution in [0.3, 0.4) is 0 Å². The Hall–Kier alpha value is -0.890. The van der Waals surface area contributed by atoms with Crippen molar-refractivity contribution < 1.29 is 18.7 Å². The van der Waals surface area contributed by atoms with E-state index in [0.29, 0.717) is 5.82 Å². The molecule has 0 spiro atoms. The monoisotopic (exact) mass is 306 g/mol. The van der Waals surface area contributed by atoms with E-state index in [0.717, 1.165) is 17.7 Å². The van der Waals surface area contributed by atoms with Crippen molar-refractivity contribution in [3.8, 4) is 0 Å². The van der Waals surface area contributed by atoms with Crippen LogP contribution in [0.15, 0.2) is 6.20 Å². The molecule has 0 radical (unpaired) electrons. The zero-order chi connectivity index (χ0) is 14.0. The minimum Gasteiger partial charge on any atom is -0.478 e. The van der Waals surface area contributed by atoms with Gasteiger partial charge in [0.15, 0.2) is 0 Å². The van der Waals surface area contributed by atoms with Gasteiger partial charge in [-0.3, -0.25) is 0 Å². The summed E-state index contributed by atoms with van der Waals surface area (Å²) in [7, 11) is 0. The van der Waals surface area contributed by atoms with Gasteiger partial charge in [-0.2, -0.15) is 11.8 Å². The Morgan fingerprint density at radius 3 is 2.74 bits per heavy atom. The number of carbonyl (C=O) groups is 1. The normalized spacial score (nSPS) is 23.6. The number of hydrogen-bond donors (Lipinski definition) is 1. The maximum absolute atomic E-state index is 12.9. The van der Waals surface area contributed by atoms with Gasteiger partial charge in [-0.15, -0.1) is 11.8 Å². The summed E-state index contributed by atoms with van der Waals surface area (Å²) in [5.74, 6) is 0.788. The number of halogens is 2. The molecule has 0 amide bonds. The third-order valence-corrected chi connectivity index (χ3v) is 5.80. The highest BCUT2D eigenvalue weighted by Crippen LogP contribution is 2.41. The molecule has 19 heavy (non-hydrogen) atoms. The zero-order valence-electron chi connectivity index (χ0n) is 10.0. The summed E-state index contributed by atoms with van der Waals surface area (Å²) >= 11 is 3.36. The largest absolute Gasteiger partial charge is 0.478 e. The number of carboxylic acids is 1. The van der Waals surface area contributed by atoms with E-state index in [1.807, 2.05) is 6.92 Å². The number of aromatic nitrogens is 2. The second-order valence-corrected chi connectivity index (χ2v) is 6.73. The molecule has 1 aromatic rings. The van der Waals surface area contributed by atoms with E-state index >= 15 is 0 Å². The SMILES string of the molecule is CC1SCCSC1c1ncc(C(=O)O)c(C(F)F)n1. The Balaban J connectivity index is 2.37. The van der Waals surface area contributed by atoms with Gasteiger partial charge in [-0.05, 0) is 0 Å². The van der Waals surface area contributed by atoms with Gasteiger partial charge in [-0.25, -0.2) is 23.5 Å². The van der Waals surface area contributed by atoms with Crippen molar-refractivity contribution in [1.82, 2.24) is 9.97 Å². The smallest absolute Gasteiger partial charge is 0.339 e. The molecule has 2 heterocycles. The fraction of sp³-hybridized carbons (Fsp3) is 0.545. The van der Waals surface area contributed by atoms with Crippen molar-refractivity contribution in [2.75, 3.05) is 11.5 Å². The fourth-order valence-corrected chi connectivity index (χ4v) is 4.49. The van der Waals surface area contributed by atoms with Crippen LogP contribution in [-0.2, 0) is 0 Å². The second-order valence-electron chi connectivity index (χ2n) is 4.00. The summed E-state index contributed by atoms with van der Waals surface area (Å²) in [6.07, 6.45) is -1.93. The van der Waals surface area contributed by atoms with Crippen LogP contribution in [-0.4, -0.2) is 37.8 Å². The summed E-state index contributed by atoms with van der Waals surface area (Å²) in [6.45, 7) is 2.00. The molecule has 2 atom stereocenters. The lowest BCUT2D eigenvalue weighted by Gasteiger charge is -2.26. The van der Waals surface area contributed by atoms with E-state index in [-0.39, 0.29) is 10.5 Å². The van der Waals surface area contributed by atoms with E-state index in [1.54, 1.807) is 23.5 Å². The van der Waals surface area contributed by atoms with E-state index in [9.17, 15) is 13.6 Å². The van der Waals surface area contributed by atoms with E-state index in [2.05, 4.69) is 9.97 Å². The lowest BCUT2D eigenvalue weighted by atomic mass is 10.2. The first-order valence-corrected chi connectivity index (χ1v) is 7.72. The highest BCUT2D eigenvalue weighted by molar-refractivity contribution is 8.06. The first kappa shape index (κ1) is 14.5. The van der Waals surface area contributed by atoms with Crippen molar-refractivity contribution in [1.29, 1.82) is 0 Å². The second kappa shape index (κ2) is 6.04. The number of alkyl halides is 2. The third-order valence-electron chi connectivity index (χ3n) is 2.72. The van der Waals surface area contributed by atoms with Crippen molar-refractivity contribution in [3.05, 3.63) is 23.3 Å². The molecule has 1 aromatic heterocycles. The van der Waals surface area contributed by atoms with E-state index in [1.165, 1.54) is 0 Å². The predicted molar refractivity (Wildman–Crippen MR) is 71.1 cm³/mol. The molecule has 0 aromatic carbocycles. The molecule has 104 valence electrons. The van der Waals surface area contributed by atoms with Crippen LogP contribution < -0.4 is 0 Å². The Morgan fingerprint density at radius 1 is 1.47 bits per heavy atom. The third kappa shape index (κ3) is 3.17. The Morgan fingerprint density at radius 2 is 2.16 bits per heavy atom. The van der Waals surface area contributed by atoms with Crippen molar-refractivity contribution in [2.24, 2.45) is 0 Å². The fourth-order valence-electron chi connectivity index (χ4n) is 1.79. The summed E-state index contributed by atoms with van der Waals surface area (Å²) in [4.78, 5) is 18.6. The molecular weight excluding hydrogens is 294 g/mol. The maximum atomic E-state index is 12.9. The van der Waals surface area contributed by atoms with Gasteiger partial charge in [0.05, 0.1) is 5.25 Å². The molecule has 4 nitrogen and oxygen atoms in total. The van der Waals surface area contributed by atoms with Gasteiger partial charge in [0, 0.05) is 23.0 Å². The molecule has 0 aliphatic carbocycles. The highest BCUT2D eigenvalue weighted by atomic mass is 32.2.